The van der Waals surface area contributed by atoms with Crippen molar-refractivity contribution in [3.8, 4) is 11.1 Å². The standard InChI is InChI=1S/C14H16N2O2/c1-10-4-6-11(7-5-10)12-8-15-16(9-12)14(2,3)13(17)18/h4-9H,1-3H3,(H,17,18). The number of rotatable bonds is 3. The molecule has 1 aromatic carbocycles. The van der Waals surface area contributed by atoms with Gasteiger partial charge < -0.3 is 5.11 Å². The first kappa shape index (κ1) is 12.4. The van der Waals surface area contributed by atoms with Gasteiger partial charge in [0, 0.05) is 11.8 Å². The number of hydrogen-bond donors (Lipinski definition) is 1. The molecule has 0 aliphatic carbocycles. The molecule has 0 unspecified atom stereocenters. The molecule has 18 heavy (non-hydrogen) atoms. The monoisotopic (exact) mass is 244 g/mol. The van der Waals surface area contributed by atoms with E-state index in [-0.39, 0.29) is 0 Å². The highest BCUT2D eigenvalue weighted by atomic mass is 16.4. The zero-order valence-corrected chi connectivity index (χ0v) is 10.7. The molecule has 0 saturated carbocycles. The van der Waals surface area contributed by atoms with Gasteiger partial charge in [-0.05, 0) is 26.3 Å². The molecule has 0 radical (unpaired) electrons. The summed E-state index contributed by atoms with van der Waals surface area (Å²) >= 11 is 0. The van der Waals surface area contributed by atoms with Crippen LogP contribution in [0.1, 0.15) is 19.4 Å². The van der Waals surface area contributed by atoms with E-state index >= 15 is 0 Å². The molecule has 4 heteroatoms. The van der Waals surface area contributed by atoms with E-state index in [2.05, 4.69) is 5.10 Å². The highest BCUT2D eigenvalue weighted by Gasteiger charge is 2.30. The molecular weight excluding hydrogens is 228 g/mol. The summed E-state index contributed by atoms with van der Waals surface area (Å²) in [5, 5.41) is 13.3. The summed E-state index contributed by atoms with van der Waals surface area (Å²) in [6, 6.07) is 8.05. The molecule has 1 N–H and O–H groups in total. The molecule has 0 spiro atoms. The second-order valence-corrected chi connectivity index (χ2v) is 4.90. The van der Waals surface area contributed by atoms with Gasteiger partial charge in [-0.15, -0.1) is 0 Å². The molecule has 0 aliphatic rings. The first-order valence-corrected chi connectivity index (χ1v) is 5.77. The second-order valence-electron chi connectivity index (χ2n) is 4.90. The fourth-order valence-corrected chi connectivity index (χ4v) is 1.62. The third kappa shape index (κ3) is 2.14. The van der Waals surface area contributed by atoms with E-state index < -0.39 is 11.5 Å². The first-order chi connectivity index (χ1) is 8.41. The van der Waals surface area contributed by atoms with Crippen molar-refractivity contribution in [2.45, 2.75) is 26.3 Å². The van der Waals surface area contributed by atoms with E-state index in [0.29, 0.717) is 0 Å². The lowest BCUT2D eigenvalue weighted by Crippen LogP contribution is -2.35. The smallest absolute Gasteiger partial charge is 0.331 e. The number of nitrogens with zero attached hydrogens (tertiary/aromatic N) is 2. The van der Waals surface area contributed by atoms with Crippen molar-refractivity contribution in [2.24, 2.45) is 0 Å². The van der Waals surface area contributed by atoms with Crippen molar-refractivity contribution < 1.29 is 9.90 Å². The van der Waals surface area contributed by atoms with Gasteiger partial charge in [0.1, 0.15) is 0 Å². The van der Waals surface area contributed by atoms with Gasteiger partial charge in [0.05, 0.1) is 6.20 Å². The molecule has 0 atom stereocenters. The van der Waals surface area contributed by atoms with E-state index in [1.54, 1.807) is 26.2 Å². The lowest BCUT2D eigenvalue weighted by molar-refractivity contribution is -0.146. The van der Waals surface area contributed by atoms with Gasteiger partial charge in [-0.1, -0.05) is 29.8 Å². The van der Waals surface area contributed by atoms with Gasteiger partial charge in [0.25, 0.3) is 0 Å². The minimum Gasteiger partial charge on any atom is -0.479 e. The van der Waals surface area contributed by atoms with Crippen LogP contribution in [0.25, 0.3) is 11.1 Å². The van der Waals surface area contributed by atoms with E-state index in [1.165, 1.54) is 10.2 Å². The van der Waals surface area contributed by atoms with Crippen LogP contribution in [0.15, 0.2) is 36.7 Å². The Hall–Kier alpha value is -2.10. The predicted octanol–water partition coefficient (Wildman–Crippen LogP) is 2.68. The lowest BCUT2D eigenvalue weighted by atomic mass is 10.1. The average molecular weight is 244 g/mol. The second kappa shape index (κ2) is 4.29. The fourth-order valence-electron chi connectivity index (χ4n) is 1.62. The summed E-state index contributed by atoms with van der Waals surface area (Å²) in [5.41, 5.74) is 2.11. The summed E-state index contributed by atoms with van der Waals surface area (Å²) in [7, 11) is 0. The van der Waals surface area contributed by atoms with Crippen LogP contribution in [0, 0.1) is 6.92 Å². The Kier molecular flexibility index (Phi) is 2.95. The number of carbonyl (C=O) groups is 1. The number of aliphatic carboxylic acids is 1. The molecule has 1 aromatic heterocycles. The van der Waals surface area contributed by atoms with E-state index in [0.717, 1.165) is 11.1 Å². The molecule has 0 aliphatic heterocycles. The van der Waals surface area contributed by atoms with Crippen LogP contribution in [0.4, 0.5) is 0 Å². The number of carboxylic acid groups (broad SMARTS) is 1. The largest absolute Gasteiger partial charge is 0.479 e. The summed E-state index contributed by atoms with van der Waals surface area (Å²) in [6.07, 6.45) is 3.45. The third-order valence-corrected chi connectivity index (χ3v) is 3.06. The van der Waals surface area contributed by atoms with Gasteiger partial charge in [-0.25, -0.2) is 4.79 Å². The van der Waals surface area contributed by atoms with Crippen molar-refractivity contribution in [3.63, 3.8) is 0 Å². The van der Waals surface area contributed by atoms with Crippen LogP contribution in [0.3, 0.4) is 0 Å². The van der Waals surface area contributed by atoms with Gasteiger partial charge >= 0.3 is 5.97 Å². The normalized spacial score (nSPS) is 11.5. The Bertz CT molecular complexity index is 568. The maximum atomic E-state index is 11.2. The Morgan fingerprint density at radius 1 is 1.22 bits per heavy atom. The summed E-state index contributed by atoms with van der Waals surface area (Å²) < 4.78 is 1.48. The average Bonchev–Trinajstić information content (AvgIpc) is 2.79. The highest BCUT2D eigenvalue weighted by Crippen LogP contribution is 2.22. The van der Waals surface area contributed by atoms with Crippen molar-refractivity contribution in [1.29, 1.82) is 0 Å². The number of benzene rings is 1. The Balaban J connectivity index is 2.37. The van der Waals surface area contributed by atoms with E-state index in [1.807, 2.05) is 31.2 Å². The molecule has 0 bridgehead atoms. The summed E-state index contributed by atoms with van der Waals surface area (Å²) in [5.74, 6) is -0.902. The maximum Gasteiger partial charge on any atom is 0.331 e. The molecule has 2 aromatic rings. The van der Waals surface area contributed by atoms with Crippen molar-refractivity contribution >= 4 is 5.97 Å². The molecular formula is C14H16N2O2. The topological polar surface area (TPSA) is 55.1 Å². The minimum atomic E-state index is -1.04. The van der Waals surface area contributed by atoms with Crippen LogP contribution in [0.2, 0.25) is 0 Å². The zero-order valence-electron chi connectivity index (χ0n) is 10.7. The summed E-state index contributed by atoms with van der Waals surface area (Å²) in [4.78, 5) is 11.2. The van der Waals surface area contributed by atoms with Crippen LogP contribution in [-0.4, -0.2) is 20.9 Å². The van der Waals surface area contributed by atoms with Crippen LogP contribution >= 0.6 is 0 Å². The maximum absolute atomic E-state index is 11.2. The molecule has 0 amide bonds. The van der Waals surface area contributed by atoms with Crippen molar-refractivity contribution in [1.82, 2.24) is 9.78 Å². The van der Waals surface area contributed by atoms with E-state index in [4.69, 9.17) is 5.11 Å². The Morgan fingerprint density at radius 2 is 1.83 bits per heavy atom. The molecule has 1 heterocycles. The number of carboxylic acids is 1. The predicted molar refractivity (Wildman–Crippen MR) is 69.4 cm³/mol. The number of aromatic nitrogens is 2. The Labute approximate surface area is 106 Å². The molecule has 94 valence electrons. The van der Waals surface area contributed by atoms with Gasteiger partial charge in [-0.2, -0.15) is 5.10 Å². The van der Waals surface area contributed by atoms with Crippen LogP contribution in [0.5, 0.6) is 0 Å². The summed E-state index contributed by atoms with van der Waals surface area (Å²) in [6.45, 7) is 5.28. The zero-order chi connectivity index (χ0) is 13.3. The highest BCUT2D eigenvalue weighted by molar-refractivity contribution is 5.75. The third-order valence-electron chi connectivity index (χ3n) is 3.06. The minimum absolute atomic E-state index is 0.902. The lowest BCUT2D eigenvalue weighted by Gasteiger charge is -2.19. The van der Waals surface area contributed by atoms with Crippen LogP contribution in [-0.2, 0) is 10.3 Å². The number of hydrogen-bond acceptors (Lipinski definition) is 2. The van der Waals surface area contributed by atoms with Crippen LogP contribution < -0.4 is 0 Å². The van der Waals surface area contributed by atoms with Crippen molar-refractivity contribution in [2.75, 3.05) is 0 Å². The molecule has 0 saturated heterocycles. The van der Waals surface area contributed by atoms with Gasteiger partial charge in [0.15, 0.2) is 5.54 Å². The Morgan fingerprint density at radius 3 is 2.39 bits per heavy atom. The number of aryl methyl sites for hydroxylation is 1. The first-order valence-electron chi connectivity index (χ1n) is 5.77. The SMILES string of the molecule is Cc1ccc(-c2cnn(C(C)(C)C(=O)O)c2)cc1. The fraction of sp³-hybridized carbons (Fsp3) is 0.286. The van der Waals surface area contributed by atoms with E-state index in [9.17, 15) is 4.79 Å². The van der Waals surface area contributed by atoms with Gasteiger partial charge in [-0.3, -0.25) is 4.68 Å². The molecule has 0 fully saturated rings. The van der Waals surface area contributed by atoms with Gasteiger partial charge in [0.2, 0.25) is 0 Å². The molecule has 4 nitrogen and oxygen atoms in total. The molecule has 2 rings (SSSR count). The quantitative estimate of drug-likeness (QED) is 0.903. The van der Waals surface area contributed by atoms with Crippen molar-refractivity contribution in [3.05, 3.63) is 42.2 Å².